The number of unbranched alkanes of at least 4 members (excludes halogenated alkanes) is 8. The first-order valence-corrected chi connectivity index (χ1v) is 12.3. The van der Waals surface area contributed by atoms with Gasteiger partial charge in [-0.3, -0.25) is 0 Å². The van der Waals surface area contributed by atoms with Crippen molar-refractivity contribution in [2.75, 3.05) is 0 Å². The van der Waals surface area contributed by atoms with Crippen molar-refractivity contribution in [1.29, 1.82) is 0 Å². The van der Waals surface area contributed by atoms with Gasteiger partial charge in [0, 0.05) is 6.08 Å². The summed E-state index contributed by atoms with van der Waals surface area (Å²) >= 11 is 0. The zero-order chi connectivity index (χ0) is 22.9. The summed E-state index contributed by atoms with van der Waals surface area (Å²) < 4.78 is 12.5. The van der Waals surface area contributed by atoms with Gasteiger partial charge >= 0.3 is 5.97 Å². The lowest BCUT2D eigenvalue weighted by molar-refractivity contribution is -0.131. The Balaban J connectivity index is 2.73. The number of rotatable bonds is 18. The molecule has 0 aliphatic heterocycles. The number of aliphatic carboxylic acids is 1. The van der Waals surface area contributed by atoms with Crippen LogP contribution in [0.4, 0.5) is 0 Å². The van der Waals surface area contributed by atoms with E-state index in [-0.39, 0.29) is 12.2 Å². The number of carboxylic acid groups (broad SMARTS) is 1. The van der Waals surface area contributed by atoms with E-state index in [0.717, 1.165) is 36.7 Å². The Hall–Kier alpha value is -1.97. The van der Waals surface area contributed by atoms with Crippen molar-refractivity contribution in [2.24, 2.45) is 0 Å². The molecule has 1 aromatic carbocycles. The van der Waals surface area contributed by atoms with Crippen LogP contribution < -0.4 is 9.47 Å². The van der Waals surface area contributed by atoms with E-state index in [9.17, 15) is 4.79 Å². The summed E-state index contributed by atoms with van der Waals surface area (Å²) in [5.74, 6) is 0.484. The zero-order valence-corrected chi connectivity index (χ0v) is 20.2. The van der Waals surface area contributed by atoms with Gasteiger partial charge in [-0.2, -0.15) is 0 Å². The van der Waals surface area contributed by atoms with Crippen molar-refractivity contribution >= 4 is 12.0 Å². The van der Waals surface area contributed by atoms with Gasteiger partial charge in [0.1, 0.15) is 0 Å². The highest BCUT2D eigenvalue weighted by Crippen LogP contribution is 2.32. The minimum atomic E-state index is -0.958. The molecule has 1 aromatic rings. The largest absolute Gasteiger partial charge is 0.487 e. The molecule has 2 atom stereocenters. The minimum Gasteiger partial charge on any atom is -0.487 e. The zero-order valence-electron chi connectivity index (χ0n) is 20.2. The second-order valence-electron chi connectivity index (χ2n) is 8.64. The second-order valence-corrected chi connectivity index (χ2v) is 8.64. The molecular formula is C27H44O4. The molecule has 0 fully saturated rings. The van der Waals surface area contributed by atoms with E-state index in [1.807, 2.05) is 18.2 Å². The van der Waals surface area contributed by atoms with Crippen LogP contribution in [0.3, 0.4) is 0 Å². The first-order chi connectivity index (χ1) is 15.0. The van der Waals surface area contributed by atoms with Gasteiger partial charge in [0.25, 0.3) is 0 Å². The molecule has 0 spiro atoms. The lowest BCUT2D eigenvalue weighted by Gasteiger charge is -2.21. The molecule has 1 rings (SSSR count). The van der Waals surface area contributed by atoms with Gasteiger partial charge in [-0.15, -0.1) is 0 Å². The number of hydrogen-bond acceptors (Lipinski definition) is 3. The third-order valence-electron chi connectivity index (χ3n) is 5.47. The molecule has 0 bridgehead atoms. The van der Waals surface area contributed by atoms with Gasteiger partial charge in [0.2, 0.25) is 0 Å². The van der Waals surface area contributed by atoms with E-state index in [4.69, 9.17) is 14.6 Å². The highest BCUT2D eigenvalue weighted by Gasteiger charge is 2.13. The van der Waals surface area contributed by atoms with Gasteiger partial charge in [0.05, 0.1) is 12.2 Å². The third-order valence-corrected chi connectivity index (χ3v) is 5.47. The van der Waals surface area contributed by atoms with Crippen molar-refractivity contribution in [1.82, 2.24) is 0 Å². The average molecular weight is 433 g/mol. The topological polar surface area (TPSA) is 55.8 Å². The van der Waals surface area contributed by atoms with E-state index in [1.165, 1.54) is 57.8 Å². The Morgan fingerprint density at radius 1 is 0.839 bits per heavy atom. The van der Waals surface area contributed by atoms with Crippen LogP contribution in [0.2, 0.25) is 0 Å². The van der Waals surface area contributed by atoms with Crippen LogP contribution in [-0.4, -0.2) is 23.3 Å². The highest BCUT2D eigenvalue weighted by molar-refractivity contribution is 5.85. The standard InChI is InChI=1S/C27H44O4/c1-5-7-9-11-13-15-22(3)30-25-19-17-24(18-20-27(28)29)21-26(25)31-23(4)16-14-12-10-8-6-2/h17-23H,5-16H2,1-4H3,(H,28,29)/b20-18+. The number of hydrogen-bond donors (Lipinski definition) is 1. The van der Waals surface area contributed by atoms with E-state index < -0.39 is 5.97 Å². The molecule has 31 heavy (non-hydrogen) atoms. The Kier molecular flexibility index (Phi) is 14.6. The van der Waals surface area contributed by atoms with Gasteiger partial charge in [0.15, 0.2) is 11.5 Å². The Labute approximate surface area is 190 Å². The number of carboxylic acids is 1. The normalized spacial score (nSPS) is 13.3. The number of carbonyl (C=O) groups is 1. The molecule has 0 saturated heterocycles. The van der Waals surface area contributed by atoms with E-state index >= 15 is 0 Å². The summed E-state index contributed by atoms with van der Waals surface area (Å²) in [6, 6.07) is 5.67. The van der Waals surface area contributed by atoms with Crippen molar-refractivity contribution in [2.45, 2.75) is 117 Å². The van der Waals surface area contributed by atoms with E-state index in [0.29, 0.717) is 5.75 Å². The molecule has 2 unspecified atom stereocenters. The van der Waals surface area contributed by atoms with Crippen molar-refractivity contribution in [3.05, 3.63) is 29.8 Å². The maximum absolute atomic E-state index is 10.9. The van der Waals surface area contributed by atoms with Gasteiger partial charge in [-0.25, -0.2) is 4.79 Å². The monoisotopic (exact) mass is 432 g/mol. The Morgan fingerprint density at radius 3 is 1.87 bits per heavy atom. The predicted molar refractivity (Wildman–Crippen MR) is 130 cm³/mol. The summed E-state index contributed by atoms with van der Waals surface area (Å²) in [5, 5.41) is 8.92. The molecule has 0 heterocycles. The predicted octanol–water partition coefficient (Wildman–Crippen LogP) is 8.04. The smallest absolute Gasteiger partial charge is 0.328 e. The van der Waals surface area contributed by atoms with Crippen LogP contribution >= 0.6 is 0 Å². The fraction of sp³-hybridized carbons (Fsp3) is 0.667. The van der Waals surface area contributed by atoms with Gasteiger partial charge < -0.3 is 14.6 Å². The molecule has 4 heteroatoms. The SMILES string of the molecule is CCCCCCCC(C)Oc1ccc(/C=C/C(=O)O)cc1OC(C)CCCCCCC. The molecule has 0 aliphatic rings. The molecule has 1 N–H and O–H groups in total. The van der Waals surface area contributed by atoms with Crippen LogP contribution in [0.1, 0.15) is 110 Å². The van der Waals surface area contributed by atoms with Gasteiger partial charge in [-0.05, 0) is 63.3 Å². The van der Waals surface area contributed by atoms with Crippen LogP contribution in [0, 0.1) is 0 Å². The summed E-state index contributed by atoms with van der Waals surface area (Å²) in [4.78, 5) is 10.9. The summed E-state index contributed by atoms with van der Waals surface area (Å²) in [5.41, 5.74) is 0.798. The molecule has 0 aromatic heterocycles. The van der Waals surface area contributed by atoms with Crippen LogP contribution in [0.15, 0.2) is 24.3 Å². The van der Waals surface area contributed by atoms with Crippen LogP contribution in [0.5, 0.6) is 11.5 Å². The molecular weight excluding hydrogens is 388 g/mol. The summed E-state index contributed by atoms with van der Waals surface area (Å²) in [6.45, 7) is 8.67. The first-order valence-electron chi connectivity index (χ1n) is 12.3. The van der Waals surface area contributed by atoms with Gasteiger partial charge in [-0.1, -0.05) is 71.3 Å². The van der Waals surface area contributed by atoms with E-state index in [2.05, 4.69) is 27.7 Å². The Bertz CT molecular complexity index is 638. The molecule has 0 amide bonds. The van der Waals surface area contributed by atoms with Crippen LogP contribution in [0.25, 0.3) is 6.08 Å². The molecule has 4 nitrogen and oxygen atoms in total. The summed E-state index contributed by atoms with van der Waals surface area (Å²) in [6.07, 6.45) is 17.5. The highest BCUT2D eigenvalue weighted by atomic mass is 16.5. The first kappa shape index (κ1) is 27.1. The lowest BCUT2D eigenvalue weighted by Crippen LogP contribution is -2.15. The molecule has 0 saturated carbocycles. The molecule has 0 radical (unpaired) electrons. The second kappa shape index (κ2) is 16.7. The Morgan fingerprint density at radius 2 is 1.35 bits per heavy atom. The quantitative estimate of drug-likeness (QED) is 0.188. The lowest BCUT2D eigenvalue weighted by atomic mass is 10.1. The third kappa shape index (κ3) is 13.1. The van der Waals surface area contributed by atoms with Crippen molar-refractivity contribution < 1.29 is 19.4 Å². The van der Waals surface area contributed by atoms with Crippen molar-refractivity contribution in [3.63, 3.8) is 0 Å². The number of ether oxygens (including phenoxy) is 2. The fourth-order valence-corrected chi connectivity index (χ4v) is 3.61. The minimum absolute atomic E-state index is 0.0898. The molecule has 0 aliphatic carbocycles. The fourth-order valence-electron chi connectivity index (χ4n) is 3.61. The maximum atomic E-state index is 10.9. The van der Waals surface area contributed by atoms with E-state index in [1.54, 1.807) is 6.08 Å². The number of benzene rings is 1. The van der Waals surface area contributed by atoms with Crippen molar-refractivity contribution in [3.8, 4) is 11.5 Å². The summed E-state index contributed by atoms with van der Waals surface area (Å²) in [7, 11) is 0. The maximum Gasteiger partial charge on any atom is 0.328 e. The molecule has 176 valence electrons. The average Bonchev–Trinajstić information content (AvgIpc) is 2.73. The van der Waals surface area contributed by atoms with Crippen LogP contribution in [-0.2, 0) is 4.79 Å².